The van der Waals surface area contributed by atoms with Gasteiger partial charge in [-0.05, 0) is 81.1 Å². The number of halogens is 1. The summed E-state index contributed by atoms with van der Waals surface area (Å²) in [6, 6.07) is 11.5. The SMILES string of the molecule is O=C(Nc1cccnc1SC[C@@H]1CCCN2CCCC[C@H]12)c1ccc(Cl)cc1. The van der Waals surface area contributed by atoms with Crippen LogP contribution in [0.1, 0.15) is 42.5 Å². The molecule has 1 aromatic carbocycles. The van der Waals surface area contributed by atoms with Crippen LogP contribution in [-0.4, -0.2) is 40.7 Å². The molecule has 1 aromatic heterocycles. The third-order valence-corrected chi connectivity index (χ3v) is 7.23. The van der Waals surface area contributed by atoms with Gasteiger partial charge in [-0.2, -0.15) is 0 Å². The standard InChI is InChI=1S/C22H26ClN3OS/c23-18-10-8-16(9-11-18)21(27)25-19-6-3-12-24-22(19)28-15-17-5-4-14-26-13-2-1-7-20(17)26/h3,6,8-12,17,20H,1-2,4-5,7,13-15H2,(H,25,27)/t17-,20+/m0/s1. The zero-order valence-corrected chi connectivity index (χ0v) is 17.5. The number of pyridine rings is 1. The highest BCUT2D eigenvalue weighted by Gasteiger charge is 2.33. The first kappa shape index (κ1) is 19.7. The lowest BCUT2D eigenvalue weighted by Crippen LogP contribution is -2.48. The molecule has 1 N–H and O–H groups in total. The lowest BCUT2D eigenvalue weighted by atomic mass is 9.85. The van der Waals surface area contributed by atoms with Crippen molar-refractivity contribution < 1.29 is 4.79 Å². The van der Waals surface area contributed by atoms with Crippen LogP contribution < -0.4 is 5.32 Å². The average Bonchev–Trinajstić information content (AvgIpc) is 2.73. The van der Waals surface area contributed by atoms with Crippen molar-refractivity contribution in [3.63, 3.8) is 0 Å². The molecule has 2 atom stereocenters. The van der Waals surface area contributed by atoms with Crippen LogP contribution in [-0.2, 0) is 0 Å². The number of fused-ring (bicyclic) bond motifs is 1. The molecule has 1 amide bonds. The van der Waals surface area contributed by atoms with Gasteiger partial charge < -0.3 is 10.2 Å². The number of nitrogens with one attached hydrogen (secondary N) is 1. The molecule has 0 spiro atoms. The zero-order valence-electron chi connectivity index (χ0n) is 15.9. The molecule has 0 aliphatic carbocycles. The highest BCUT2D eigenvalue weighted by atomic mass is 35.5. The van der Waals surface area contributed by atoms with Crippen LogP contribution in [0.4, 0.5) is 5.69 Å². The Labute approximate surface area is 176 Å². The van der Waals surface area contributed by atoms with E-state index in [0.717, 1.165) is 22.5 Å². The van der Waals surface area contributed by atoms with Gasteiger partial charge >= 0.3 is 0 Å². The maximum atomic E-state index is 12.6. The second-order valence-corrected chi connectivity index (χ2v) is 9.07. The van der Waals surface area contributed by atoms with Crippen LogP contribution in [0.25, 0.3) is 0 Å². The number of piperidine rings is 2. The summed E-state index contributed by atoms with van der Waals surface area (Å²) in [5, 5.41) is 4.54. The lowest BCUT2D eigenvalue weighted by Gasteiger charge is -2.44. The Hall–Kier alpha value is -1.56. The average molecular weight is 416 g/mol. The number of thioether (sulfide) groups is 1. The predicted octanol–water partition coefficient (Wildman–Crippen LogP) is 5.34. The Bertz CT molecular complexity index is 812. The predicted molar refractivity (Wildman–Crippen MR) is 116 cm³/mol. The molecule has 0 bridgehead atoms. The number of hydrogen-bond donors (Lipinski definition) is 1. The van der Waals surface area contributed by atoms with Crippen molar-refractivity contribution >= 4 is 35.0 Å². The molecule has 2 fully saturated rings. The van der Waals surface area contributed by atoms with E-state index < -0.39 is 0 Å². The van der Waals surface area contributed by atoms with E-state index in [1.807, 2.05) is 12.1 Å². The van der Waals surface area contributed by atoms with Crippen LogP contribution in [0.15, 0.2) is 47.6 Å². The molecule has 2 saturated heterocycles. The monoisotopic (exact) mass is 415 g/mol. The van der Waals surface area contributed by atoms with Crippen LogP contribution in [0.2, 0.25) is 5.02 Å². The minimum atomic E-state index is -0.136. The second-order valence-electron chi connectivity index (χ2n) is 7.63. The summed E-state index contributed by atoms with van der Waals surface area (Å²) >= 11 is 7.69. The van der Waals surface area contributed by atoms with Crippen molar-refractivity contribution in [1.29, 1.82) is 0 Å². The maximum Gasteiger partial charge on any atom is 0.255 e. The topological polar surface area (TPSA) is 45.2 Å². The normalized spacial score (nSPS) is 22.5. The summed E-state index contributed by atoms with van der Waals surface area (Å²) in [7, 11) is 0. The number of carbonyl (C=O) groups is 1. The molecule has 28 heavy (non-hydrogen) atoms. The van der Waals surface area contributed by atoms with E-state index in [-0.39, 0.29) is 5.91 Å². The molecule has 6 heteroatoms. The Morgan fingerprint density at radius 2 is 1.96 bits per heavy atom. The molecule has 3 heterocycles. The summed E-state index contributed by atoms with van der Waals surface area (Å²) in [6.07, 6.45) is 8.42. The summed E-state index contributed by atoms with van der Waals surface area (Å²) in [4.78, 5) is 19.8. The third kappa shape index (κ3) is 4.70. The van der Waals surface area contributed by atoms with Crippen molar-refractivity contribution in [3.8, 4) is 0 Å². The molecule has 4 rings (SSSR count). The number of carbonyl (C=O) groups excluding carboxylic acids is 1. The first-order valence-corrected chi connectivity index (χ1v) is 11.5. The van der Waals surface area contributed by atoms with Gasteiger partial charge in [0.1, 0.15) is 5.03 Å². The van der Waals surface area contributed by atoms with E-state index in [9.17, 15) is 4.79 Å². The van der Waals surface area contributed by atoms with Gasteiger partial charge in [-0.25, -0.2) is 4.98 Å². The fourth-order valence-corrected chi connectivity index (χ4v) is 5.65. The van der Waals surface area contributed by atoms with E-state index >= 15 is 0 Å². The number of rotatable bonds is 5. The number of aromatic nitrogens is 1. The highest BCUT2D eigenvalue weighted by molar-refractivity contribution is 7.99. The van der Waals surface area contributed by atoms with Crippen molar-refractivity contribution in [2.45, 2.75) is 43.2 Å². The number of anilines is 1. The molecule has 0 radical (unpaired) electrons. The summed E-state index contributed by atoms with van der Waals surface area (Å²) in [5.74, 6) is 1.63. The van der Waals surface area contributed by atoms with Crippen LogP contribution in [0.5, 0.6) is 0 Å². The summed E-state index contributed by atoms with van der Waals surface area (Å²) in [5.41, 5.74) is 1.37. The number of hydrogen-bond acceptors (Lipinski definition) is 4. The minimum absolute atomic E-state index is 0.136. The molecule has 2 aliphatic rings. The van der Waals surface area contributed by atoms with E-state index in [1.54, 1.807) is 42.2 Å². The van der Waals surface area contributed by atoms with Gasteiger partial charge in [0.2, 0.25) is 0 Å². The highest BCUT2D eigenvalue weighted by Crippen LogP contribution is 2.35. The molecular weight excluding hydrogens is 390 g/mol. The largest absolute Gasteiger partial charge is 0.320 e. The summed E-state index contributed by atoms with van der Waals surface area (Å²) in [6.45, 7) is 2.52. The van der Waals surface area contributed by atoms with Crippen LogP contribution >= 0.6 is 23.4 Å². The van der Waals surface area contributed by atoms with Crippen molar-refractivity contribution in [3.05, 3.63) is 53.2 Å². The van der Waals surface area contributed by atoms with Crippen LogP contribution in [0, 0.1) is 5.92 Å². The van der Waals surface area contributed by atoms with Gasteiger partial charge in [0.15, 0.2) is 0 Å². The molecular formula is C22H26ClN3OS. The lowest BCUT2D eigenvalue weighted by molar-refractivity contribution is 0.0693. The number of benzene rings is 1. The fourth-order valence-electron chi connectivity index (χ4n) is 4.35. The van der Waals surface area contributed by atoms with Crippen LogP contribution in [0.3, 0.4) is 0 Å². The van der Waals surface area contributed by atoms with Gasteiger partial charge in [0.05, 0.1) is 5.69 Å². The van der Waals surface area contributed by atoms with Gasteiger partial charge in [0, 0.05) is 28.6 Å². The quantitative estimate of drug-likeness (QED) is 0.669. The number of amides is 1. The van der Waals surface area contributed by atoms with Crippen molar-refractivity contribution in [1.82, 2.24) is 9.88 Å². The Balaban J connectivity index is 1.41. The maximum absolute atomic E-state index is 12.6. The smallest absolute Gasteiger partial charge is 0.255 e. The van der Waals surface area contributed by atoms with E-state index in [2.05, 4.69) is 15.2 Å². The van der Waals surface area contributed by atoms with Gasteiger partial charge in [-0.1, -0.05) is 18.0 Å². The Kier molecular flexibility index (Phi) is 6.55. The van der Waals surface area contributed by atoms with E-state index in [1.165, 1.54) is 45.2 Å². The molecule has 0 saturated carbocycles. The molecule has 4 nitrogen and oxygen atoms in total. The first-order valence-electron chi connectivity index (χ1n) is 10.1. The Morgan fingerprint density at radius 1 is 1.14 bits per heavy atom. The van der Waals surface area contributed by atoms with Crippen molar-refractivity contribution in [2.75, 3.05) is 24.2 Å². The van der Waals surface area contributed by atoms with E-state index in [0.29, 0.717) is 16.5 Å². The van der Waals surface area contributed by atoms with Gasteiger partial charge in [0.25, 0.3) is 5.91 Å². The molecule has 2 aromatic rings. The second kappa shape index (κ2) is 9.29. The third-order valence-electron chi connectivity index (χ3n) is 5.79. The molecule has 2 aliphatic heterocycles. The van der Waals surface area contributed by atoms with Gasteiger partial charge in [-0.15, -0.1) is 11.8 Å². The Morgan fingerprint density at radius 3 is 2.82 bits per heavy atom. The van der Waals surface area contributed by atoms with Gasteiger partial charge in [-0.3, -0.25) is 4.79 Å². The molecule has 148 valence electrons. The van der Waals surface area contributed by atoms with Crippen molar-refractivity contribution in [2.24, 2.45) is 5.92 Å². The minimum Gasteiger partial charge on any atom is -0.320 e. The fraction of sp³-hybridized carbons (Fsp3) is 0.455. The first-order chi connectivity index (χ1) is 13.7. The molecule has 0 unspecified atom stereocenters. The van der Waals surface area contributed by atoms with E-state index in [4.69, 9.17) is 11.6 Å². The summed E-state index contributed by atoms with van der Waals surface area (Å²) < 4.78 is 0. The zero-order chi connectivity index (χ0) is 19.3. The number of nitrogens with zero attached hydrogens (tertiary/aromatic N) is 2.